The summed E-state index contributed by atoms with van der Waals surface area (Å²) < 4.78 is 5.75. The molecule has 0 saturated carbocycles. The lowest BCUT2D eigenvalue weighted by Crippen LogP contribution is -2.41. The van der Waals surface area contributed by atoms with Crippen LogP contribution in [-0.2, 0) is 4.74 Å². The molecule has 0 amide bonds. The van der Waals surface area contributed by atoms with Crippen molar-refractivity contribution < 1.29 is 4.74 Å². The molecule has 132 valence electrons. The molecule has 1 saturated heterocycles. The molecule has 1 aliphatic heterocycles. The highest BCUT2D eigenvalue weighted by Crippen LogP contribution is 2.33. The number of halogens is 1. The third kappa shape index (κ3) is 8.82. The number of rotatable bonds is 8. The maximum Gasteiger partial charge on any atom is 0.191 e. The lowest BCUT2D eigenvalue weighted by atomic mass is 9.99. The molecule has 0 spiro atoms. The summed E-state index contributed by atoms with van der Waals surface area (Å²) in [5, 5.41) is 6.81. The second-order valence-corrected chi connectivity index (χ2v) is 7.43. The Balaban J connectivity index is 0.00000441. The van der Waals surface area contributed by atoms with Crippen LogP contribution in [0.2, 0.25) is 0 Å². The molecule has 1 fully saturated rings. The number of aliphatic imine (C=N–C) groups is 1. The molecular weight excluding hydrogens is 409 g/mol. The van der Waals surface area contributed by atoms with Crippen molar-refractivity contribution in [2.24, 2.45) is 10.9 Å². The zero-order chi connectivity index (χ0) is 15.6. The highest BCUT2D eigenvalue weighted by Gasteiger charge is 2.31. The second kappa shape index (κ2) is 12.7. The minimum Gasteiger partial charge on any atom is -0.381 e. The fourth-order valence-electron chi connectivity index (χ4n) is 2.45. The highest BCUT2D eigenvalue weighted by atomic mass is 127. The standard InChI is InChI=1S/C16H33N3OS.HI/c1-5-17-15(18-10-6-7-14(2)3)19-13-16(21-4)8-11-20-12-9-16;/h14H,5-13H2,1-4H3,(H2,17,18,19);1H. The van der Waals surface area contributed by atoms with Crippen molar-refractivity contribution >= 4 is 41.7 Å². The molecule has 0 radical (unpaired) electrons. The molecule has 6 heteroatoms. The molecule has 0 aliphatic carbocycles. The molecule has 0 aromatic heterocycles. The van der Waals surface area contributed by atoms with Gasteiger partial charge in [-0.05, 0) is 44.8 Å². The van der Waals surface area contributed by atoms with Crippen molar-refractivity contribution in [3.63, 3.8) is 0 Å². The van der Waals surface area contributed by atoms with E-state index in [4.69, 9.17) is 9.73 Å². The van der Waals surface area contributed by atoms with Gasteiger partial charge >= 0.3 is 0 Å². The average Bonchev–Trinajstić information content (AvgIpc) is 2.49. The van der Waals surface area contributed by atoms with Gasteiger partial charge in [0.05, 0.1) is 6.54 Å². The summed E-state index contributed by atoms with van der Waals surface area (Å²) >= 11 is 1.94. The first kappa shape index (κ1) is 22.3. The third-order valence-electron chi connectivity index (χ3n) is 3.96. The second-order valence-electron chi connectivity index (χ2n) is 6.16. The van der Waals surface area contributed by atoms with E-state index in [1.54, 1.807) is 0 Å². The van der Waals surface area contributed by atoms with E-state index in [1.165, 1.54) is 12.8 Å². The predicted octanol–water partition coefficient (Wildman–Crippen LogP) is 3.51. The number of hydrogen-bond donors (Lipinski definition) is 2. The van der Waals surface area contributed by atoms with Crippen LogP contribution in [0.15, 0.2) is 4.99 Å². The summed E-state index contributed by atoms with van der Waals surface area (Å²) in [6.45, 7) is 11.2. The Hall–Kier alpha value is 0.310. The topological polar surface area (TPSA) is 45.7 Å². The summed E-state index contributed by atoms with van der Waals surface area (Å²) in [6.07, 6.45) is 6.86. The fourth-order valence-corrected chi connectivity index (χ4v) is 3.22. The summed E-state index contributed by atoms with van der Waals surface area (Å²) in [5.74, 6) is 1.73. The van der Waals surface area contributed by atoms with E-state index in [9.17, 15) is 0 Å². The Bertz CT molecular complexity index is 308. The van der Waals surface area contributed by atoms with Crippen molar-refractivity contribution in [1.29, 1.82) is 0 Å². The summed E-state index contributed by atoms with van der Waals surface area (Å²) in [6, 6.07) is 0. The zero-order valence-corrected chi connectivity index (χ0v) is 17.8. The van der Waals surface area contributed by atoms with Crippen LogP contribution >= 0.6 is 35.7 Å². The highest BCUT2D eigenvalue weighted by molar-refractivity contribution is 14.0. The molecule has 0 aromatic carbocycles. The maximum absolute atomic E-state index is 5.49. The molecule has 0 unspecified atom stereocenters. The van der Waals surface area contributed by atoms with Crippen LogP contribution in [-0.4, -0.2) is 49.8 Å². The number of thioether (sulfide) groups is 1. The molecule has 1 rings (SSSR count). The fraction of sp³-hybridized carbons (Fsp3) is 0.938. The van der Waals surface area contributed by atoms with Crippen molar-refractivity contribution in [2.75, 3.05) is 39.1 Å². The van der Waals surface area contributed by atoms with Gasteiger partial charge in [0.2, 0.25) is 0 Å². The van der Waals surface area contributed by atoms with Gasteiger partial charge in [-0.1, -0.05) is 13.8 Å². The third-order valence-corrected chi connectivity index (χ3v) is 5.36. The number of hydrogen-bond acceptors (Lipinski definition) is 3. The first-order chi connectivity index (χ1) is 10.1. The molecule has 2 N–H and O–H groups in total. The van der Waals surface area contributed by atoms with Gasteiger partial charge in [-0.3, -0.25) is 4.99 Å². The Kier molecular flexibility index (Phi) is 12.9. The van der Waals surface area contributed by atoms with Gasteiger partial charge in [0, 0.05) is 31.1 Å². The van der Waals surface area contributed by atoms with Crippen LogP contribution in [0, 0.1) is 5.92 Å². The SMILES string of the molecule is CCNC(=NCC1(SC)CCOCC1)NCCCC(C)C.I. The molecule has 1 aliphatic rings. The summed E-state index contributed by atoms with van der Waals surface area (Å²) in [5.41, 5.74) is 0. The van der Waals surface area contributed by atoms with Crippen molar-refractivity contribution in [2.45, 2.75) is 51.2 Å². The Labute approximate surface area is 158 Å². The predicted molar refractivity (Wildman–Crippen MR) is 110 cm³/mol. The quantitative estimate of drug-likeness (QED) is 0.261. The van der Waals surface area contributed by atoms with E-state index in [1.807, 2.05) is 11.8 Å². The number of guanidine groups is 1. The molecule has 22 heavy (non-hydrogen) atoms. The summed E-state index contributed by atoms with van der Waals surface area (Å²) in [7, 11) is 0. The molecule has 4 nitrogen and oxygen atoms in total. The molecule has 1 heterocycles. The van der Waals surface area contributed by atoms with E-state index in [0.717, 1.165) is 57.6 Å². The minimum atomic E-state index is 0. The average molecular weight is 443 g/mol. The zero-order valence-electron chi connectivity index (χ0n) is 14.6. The first-order valence-electron chi connectivity index (χ1n) is 8.27. The first-order valence-corrected chi connectivity index (χ1v) is 9.49. The van der Waals surface area contributed by atoms with Crippen LogP contribution < -0.4 is 10.6 Å². The largest absolute Gasteiger partial charge is 0.381 e. The summed E-state index contributed by atoms with van der Waals surface area (Å²) in [4.78, 5) is 4.81. The van der Waals surface area contributed by atoms with Crippen molar-refractivity contribution in [1.82, 2.24) is 10.6 Å². The van der Waals surface area contributed by atoms with Crippen LogP contribution in [0.5, 0.6) is 0 Å². The van der Waals surface area contributed by atoms with Crippen LogP contribution in [0.1, 0.15) is 46.5 Å². The lowest BCUT2D eigenvalue weighted by molar-refractivity contribution is 0.0794. The molecule has 0 atom stereocenters. The Morgan fingerprint density at radius 1 is 1.27 bits per heavy atom. The van der Waals surface area contributed by atoms with Gasteiger partial charge in [0.15, 0.2) is 5.96 Å². The molecular formula is C16H34IN3OS. The molecule has 0 aromatic rings. The lowest BCUT2D eigenvalue weighted by Gasteiger charge is -2.34. The monoisotopic (exact) mass is 443 g/mol. The van der Waals surface area contributed by atoms with Gasteiger partial charge in [0.1, 0.15) is 0 Å². The smallest absolute Gasteiger partial charge is 0.191 e. The van der Waals surface area contributed by atoms with Crippen LogP contribution in [0.3, 0.4) is 0 Å². The minimum absolute atomic E-state index is 0. The van der Waals surface area contributed by atoms with Crippen LogP contribution in [0.25, 0.3) is 0 Å². The number of ether oxygens (including phenoxy) is 1. The molecule has 0 bridgehead atoms. The Morgan fingerprint density at radius 3 is 2.50 bits per heavy atom. The maximum atomic E-state index is 5.49. The van der Waals surface area contributed by atoms with Crippen molar-refractivity contribution in [3.05, 3.63) is 0 Å². The number of nitrogens with zero attached hydrogens (tertiary/aromatic N) is 1. The van der Waals surface area contributed by atoms with Crippen LogP contribution in [0.4, 0.5) is 0 Å². The van der Waals surface area contributed by atoms with Gasteiger partial charge in [-0.2, -0.15) is 11.8 Å². The van der Waals surface area contributed by atoms with E-state index in [2.05, 4.69) is 37.7 Å². The normalized spacial score (nSPS) is 18.0. The van der Waals surface area contributed by atoms with Crippen molar-refractivity contribution in [3.8, 4) is 0 Å². The van der Waals surface area contributed by atoms with E-state index in [0.29, 0.717) is 0 Å². The van der Waals surface area contributed by atoms with Gasteiger partial charge in [-0.25, -0.2) is 0 Å². The van der Waals surface area contributed by atoms with Gasteiger partial charge < -0.3 is 15.4 Å². The van der Waals surface area contributed by atoms with E-state index in [-0.39, 0.29) is 28.7 Å². The van der Waals surface area contributed by atoms with Gasteiger partial charge in [0.25, 0.3) is 0 Å². The number of nitrogens with one attached hydrogen (secondary N) is 2. The Morgan fingerprint density at radius 2 is 1.95 bits per heavy atom. The van der Waals surface area contributed by atoms with E-state index < -0.39 is 0 Å². The van der Waals surface area contributed by atoms with Gasteiger partial charge in [-0.15, -0.1) is 24.0 Å². The van der Waals surface area contributed by atoms with E-state index >= 15 is 0 Å².